The van der Waals surface area contributed by atoms with Gasteiger partial charge in [0.05, 0.1) is 16.7 Å². The molecule has 2 nitrogen and oxygen atoms in total. The fraction of sp³-hybridized carbons (Fsp3) is 0.235. The summed E-state index contributed by atoms with van der Waals surface area (Å²) in [7, 11) is 0. The minimum absolute atomic E-state index is 0. The van der Waals surface area contributed by atoms with E-state index in [1.165, 1.54) is 26.6 Å². The highest BCUT2D eigenvalue weighted by Crippen LogP contribution is 2.36. The number of hydrogen-bond acceptors (Lipinski definition) is 3. The van der Waals surface area contributed by atoms with E-state index in [0.29, 0.717) is 0 Å². The number of benzene rings is 1. The van der Waals surface area contributed by atoms with Crippen LogP contribution in [0.3, 0.4) is 0 Å². The third kappa shape index (κ3) is 3.29. The van der Waals surface area contributed by atoms with E-state index in [1.54, 1.807) is 0 Å². The van der Waals surface area contributed by atoms with Gasteiger partial charge >= 0.3 is 0 Å². The van der Waals surface area contributed by atoms with Crippen molar-refractivity contribution in [3.8, 4) is 0 Å². The zero-order valence-corrected chi connectivity index (χ0v) is 15.1. The van der Waals surface area contributed by atoms with Crippen molar-refractivity contribution >= 4 is 41.4 Å². The van der Waals surface area contributed by atoms with Crippen LogP contribution in [0, 0.1) is 0 Å². The molecule has 2 heterocycles. The predicted octanol–water partition coefficient (Wildman–Crippen LogP) is 4.99. The first kappa shape index (κ1) is 17.3. The fourth-order valence-corrected chi connectivity index (χ4v) is 4.36. The molecule has 3 rings (SSSR count). The second-order valence-corrected chi connectivity index (χ2v) is 6.45. The Morgan fingerprint density at radius 2 is 1.82 bits per heavy atom. The summed E-state index contributed by atoms with van der Waals surface area (Å²) in [5.74, 6) is 0. The third-order valence-corrected chi connectivity index (χ3v) is 5.34. The Labute approximate surface area is 146 Å². The molecule has 0 bridgehead atoms. The number of aryl methyl sites for hydroxylation is 1. The maximum Gasteiger partial charge on any atom is 0.0836 e. The molecule has 2 aromatic heterocycles. The zero-order valence-electron chi connectivity index (χ0n) is 12.7. The molecule has 3 aromatic rings. The van der Waals surface area contributed by atoms with Crippen molar-refractivity contribution in [2.45, 2.75) is 22.8 Å². The van der Waals surface area contributed by atoms with E-state index in [2.05, 4.69) is 58.4 Å². The number of rotatable bonds is 5. The number of thioether (sulfide) groups is 2. The SMILES string of the molecule is CSc1c(CCc2ccccc2)c(SC)n2ccncc12.Cl. The summed E-state index contributed by atoms with van der Waals surface area (Å²) in [6, 6.07) is 10.7. The molecule has 0 saturated heterocycles. The number of nitrogens with zero attached hydrogens (tertiary/aromatic N) is 2. The molecule has 0 aliphatic carbocycles. The first-order valence-electron chi connectivity index (χ1n) is 6.94. The zero-order chi connectivity index (χ0) is 14.7. The van der Waals surface area contributed by atoms with Crippen LogP contribution in [0.2, 0.25) is 0 Å². The van der Waals surface area contributed by atoms with Crippen LogP contribution < -0.4 is 0 Å². The normalized spacial score (nSPS) is 10.6. The highest BCUT2D eigenvalue weighted by Gasteiger charge is 2.16. The Hall–Kier alpha value is -1.10. The third-order valence-electron chi connectivity index (χ3n) is 3.65. The van der Waals surface area contributed by atoms with Gasteiger partial charge in [0, 0.05) is 17.3 Å². The van der Waals surface area contributed by atoms with Gasteiger partial charge in [0.1, 0.15) is 0 Å². The van der Waals surface area contributed by atoms with Crippen molar-refractivity contribution in [1.82, 2.24) is 9.38 Å². The van der Waals surface area contributed by atoms with Crippen LogP contribution in [0.1, 0.15) is 11.1 Å². The van der Waals surface area contributed by atoms with Crippen LogP contribution >= 0.6 is 35.9 Å². The van der Waals surface area contributed by atoms with Gasteiger partial charge in [0.25, 0.3) is 0 Å². The van der Waals surface area contributed by atoms with Gasteiger partial charge in [-0.1, -0.05) is 30.3 Å². The highest BCUT2D eigenvalue weighted by atomic mass is 35.5. The number of hydrogen-bond donors (Lipinski definition) is 0. The van der Waals surface area contributed by atoms with Crippen LogP contribution in [-0.4, -0.2) is 21.9 Å². The molecule has 0 atom stereocenters. The van der Waals surface area contributed by atoms with Gasteiger partial charge in [0.15, 0.2) is 0 Å². The van der Waals surface area contributed by atoms with E-state index in [4.69, 9.17) is 0 Å². The monoisotopic (exact) mass is 350 g/mol. The lowest BCUT2D eigenvalue weighted by atomic mass is 10.1. The van der Waals surface area contributed by atoms with Crippen molar-refractivity contribution < 1.29 is 0 Å². The molecule has 0 radical (unpaired) electrons. The summed E-state index contributed by atoms with van der Waals surface area (Å²) < 4.78 is 2.27. The quantitative estimate of drug-likeness (QED) is 0.604. The van der Waals surface area contributed by atoms with Crippen LogP contribution in [0.5, 0.6) is 0 Å². The lowest BCUT2D eigenvalue weighted by Crippen LogP contribution is -1.93. The largest absolute Gasteiger partial charge is 0.307 e. The van der Waals surface area contributed by atoms with Crippen molar-refractivity contribution in [3.63, 3.8) is 0 Å². The summed E-state index contributed by atoms with van der Waals surface area (Å²) in [5.41, 5.74) is 4.06. The Kier molecular flexibility index (Phi) is 6.24. The van der Waals surface area contributed by atoms with Crippen molar-refractivity contribution in [3.05, 3.63) is 60.0 Å². The van der Waals surface area contributed by atoms with Crippen molar-refractivity contribution in [1.29, 1.82) is 0 Å². The maximum atomic E-state index is 4.29. The molecule has 0 fully saturated rings. The average Bonchev–Trinajstić information content (AvgIpc) is 2.86. The molecule has 0 unspecified atom stereocenters. The summed E-state index contributed by atoms with van der Waals surface area (Å²) in [6.45, 7) is 0. The second-order valence-electron chi connectivity index (χ2n) is 4.84. The standard InChI is InChI=1S/C17H18N2S2.ClH/c1-20-16-14(9-8-13-6-4-3-5-7-13)17(21-2)19-11-10-18-12-15(16)19;/h3-7,10-12H,8-9H2,1-2H3;1H. The minimum Gasteiger partial charge on any atom is -0.307 e. The molecule has 22 heavy (non-hydrogen) atoms. The smallest absolute Gasteiger partial charge is 0.0836 e. The Balaban J connectivity index is 0.00000176. The number of halogens is 1. The van der Waals surface area contributed by atoms with Gasteiger partial charge in [-0.05, 0) is 36.5 Å². The van der Waals surface area contributed by atoms with E-state index in [9.17, 15) is 0 Å². The van der Waals surface area contributed by atoms with E-state index < -0.39 is 0 Å². The Morgan fingerprint density at radius 3 is 2.50 bits per heavy atom. The van der Waals surface area contributed by atoms with Crippen LogP contribution in [0.4, 0.5) is 0 Å². The van der Waals surface area contributed by atoms with E-state index >= 15 is 0 Å². The lowest BCUT2D eigenvalue weighted by Gasteiger charge is -2.05. The maximum absolute atomic E-state index is 4.29. The molecule has 1 aromatic carbocycles. The van der Waals surface area contributed by atoms with Crippen LogP contribution in [0.15, 0.2) is 58.8 Å². The van der Waals surface area contributed by atoms with Crippen molar-refractivity contribution in [2.24, 2.45) is 0 Å². The van der Waals surface area contributed by atoms with Gasteiger partial charge < -0.3 is 4.40 Å². The highest BCUT2D eigenvalue weighted by molar-refractivity contribution is 7.99. The molecular weight excluding hydrogens is 332 g/mol. The topological polar surface area (TPSA) is 17.3 Å². The van der Waals surface area contributed by atoms with Crippen LogP contribution in [-0.2, 0) is 12.8 Å². The summed E-state index contributed by atoms with van der Waals surface area (Å²) in [6.07, 6.45) is 12.3. The molecule has 0 aliphatic heterocycles. The molecule has 0 N–H and O–H groups in total. The lowest BCUT2D eigenvalue weighted by molar-refractivity contribution is 0.893. The van der Waals surface area contributed by atoms with Gasteiger partial charge in [-0.25, -0.2) is 0 Å². The molecule has 0 saturated carbocycles. The molecular formula is C17H19ClN2S2. The fourth-order valence-electron chi connectivity index (χ4n) is 2.69. The predicted molar refractivity (Wildman–Crippen MR) is 99.9 cm³/mol. The van der Waals surface area contributed by atoms with Gasteiger partial charge in [-0.3, -0.25) is 4.98 Å². The summed E-state index contributed by atoms with van der Waals surface area (Å²) in [4.78, 5) is 5.65. The first-order valence-corrected chi connectivity index (χ1v) is 9.39. The minimum atomic E-state index is 0. The van der Waals surface area contributed by atoms with Crippen LogP contribution in [0.25, 0.3) is 5.52 Å². The number of aromatic nitrogens is 2. The number of fused-ring (bicyclic) bond motifs is 1. The van der Waals surface area contributed by atoms with Gasteiger partial charge in [-0.2, -0.15) is 0 Å². The van der Waals surface area contributed by atoms with Crippen molar-refractivity contribution in [2.75, 3.05) is 12.5 Å². The molecule has 0 aliphatic rings. The van der Waals surface area contributed by atoms with E-state index in [0.717, 1.165) is 12.8 Å². The molecule has 116 valence electrons. The molecule has 0 spiro atoms. The Bertz CT molecular complexity index is 700. The Morgan fingerprint density at radius 1 is 1.05 bits per heavy atom. The molecule has 5 heteroatoms. The average molecular weight is 351 g/mol. The molecule has 0 amide bonds. The van der Waals surface area contributed by atoms with Gasteiger partial charge in [-0.15, -0.1) is 35.9 Å². The summed E-state index contributed by atoms with van der Waals surface area (Å²) >= 11 is 3.64. The van der Waals surface area contributed by atoms with E-state index in [1.807, 2.05) is 35.9 Å². The summed E-state index contributed by atoms with van der Waals surface area (Å²) in [5, 5.41) is 1.34. The van der Waals surface area contributed by atoms with E-state index in [-0.39, 0.29) is 12.4 Å². The first-order chi connectivity index (χ1) is 10.3. The van der Waals surface area contributed by atoms with Gasteiger partial charge in [0.2, 0.25) is 0 Å². The second kappa shape index (κ2) is 7.95.